The van der Waals surface area contributed by atoms with Gasteiger partial charge in [-0.1, -0.05) is 6.07 Å². The molecule has 90 valence electrons. The maximum absolute atomic E-state index is 10.3. The van der Waals surface area contributed by atoms with Gasteiger partial charge in [0.2, 0.25) is 0 Å². The lowest BCUT2D eigenvalue weighted by atomic mass is 9.94. The summed E-state index contributed by atoms with van der Waals surface area (Å²) in [6.45, 7) is 0.380. The van der Waals surface area contributed by atoms with Crippen LogP contribution in [0.2, 0.25) is 0 Å². The maximum Gasteiger partial charge on any atom is 0.0894 e. The molecule has 0 aliphatic heterocycles. The number of pyridine rings is 1. The predicted molar refractivity (Wildman–Crippen MR) is 78.0 cm³/mol. The SMILES string of the molecule is NCC(c1ccccn1)C(O)c1csc(I)c1. The summed E-state index contributed by atoms with van der Waals surface area (Å²) in [4.78, 5) is 4.26. The van der Waals surface area contributed by atoms with E-state index in [1.165, 1.54) is 0 Å². The van der Waals surface area contributed by atoms with Crippen molar-refractivity contribution in [2.45, 2.75) is 12.0 Å². The Morgan fingerprint density at radius 3 is 2.82 bits per heavy atom. The molecule has 17 heavy (non-hydrogen) atoms. The van der Waals surface area contributed by atoms with Crippen LogP contribution >= 0.6 is 33.9 Å². The van der Waals surface area contributed by atoms with Crippen molar-refractivity contribution in [3.05, 3.63) is 50.0 Å². The normalized spacial score (nSPS) is 14.5. The van der Waals surface area contributed by atoms with Crippen LogP contribution in [-0.2, 0) is 0 Å². The number of nitrogens with zero attached hydrogens (tertiary/aromatic N) is 1. The zero-order chi connectivity index (χ0) is 12.3. The molecule has 5 heteroatoms. The van der Waals surface area contributed by atoms with E-state index in [4.69, 9.17) is 5.73 Å². The minimum Gasteiger partial charge on any atom is -0.388 e. The highest BCUT2D eigenvalue weighted by Crippen LogP contribution is 2.31. The lowest BCUT2D eigenvalue weighted by molar-refractivity contribution is 0.146. The molecule has 0 bridgehead atoms. The van der Waals surface area contributed by atoms with Crippen LogP contribution < -0.4 is 5.73 Å². The van der Waals surface area contributed by atoms with Crippen molar-refractivity contribution in [3.63, 3.8) is 0 Å². The molecule has 0 aliphatic carbocycles. The van der Waals surface area contributed by atoms with Crippen LogP contribution in [0.15, 0.2) is 35.8 Å². The van der Waals surface area contributed by atoms with Gasteiger partial charge in [-0.3, -0.25) is 4.98 Å². The fourth-order valence-electron chi connectivity index (χ4n) is 1.72. The molecule has 3 N–H and O–H groups in total. The van der Waals surface area contributed by atoms with Crippen molar-refractivity contribution >= 4 is 33.9 Å². The third kappa shape index (κ3) is 3.04. The van der Waals surface area contributed by atoms with Gasteiger partial charge in [-0.2, -0.15) is 0 Å². The molecule has 0 saturated carbocycles. The van der Waals surface area contributed by atoms with E-state index in [-0.39, 0.29) is 5.92 Å². The first kappa shape index (κ1) is 12.9. The Morgan fingerprint density at radius 2 is 2.29 bits per heavy atom. The van der Waals surface area contributed by atoms with E-state index in [0.717, 1.165) is 14.1 Å². The van der Waals surface area contributed by atoms with E-state index < -0.39 is 6.10 Å². The molecule has 2 atom stereocenters. The molecule has 0 aromatic carbocycles. The molecule has 2 aromatic rings. The highest BCUT2D eigenvalue weighted by Gasteiger charge is 2.23. The fraction of sp³-hybridized carbons (Fsp3) is 0.250. The van der Waals surface area contributed by atoms with Crippen molar-refractivity contribution < 1.29 is 5.11 Å². The third-order valence-corrected chi connectivity index (χ3v) is 4.44. The highest BCUT2D eigenvalue weighted by atomic mass is 127. The average Bonchev–Trinajstić information content (AvgIpc) is 2.78. The van der Waals surface area contributed by atoms with Gasteiger partial charge >= 0.3 is 0 Å². The van der Waals surface area contributed by atoms with Crippen LogP contribution in [0.1, 0.15) is 23.3 Å². The minimum absolute atomic E-state index is 0.151. The second-order valence-corrected chi connectivity index (χ2v) is 6.53. The lowest BCUT2D eigenvalue weighted by Crippen LogP contribution is -2.20. The molecule has 0 amide bonds. The second-order valence-electron chi connectivity index (χ2n) is 3.73. The van der Waals surface area contributed by atoms with E-state index in [1.54, 1.807) is 17.5 Å². The van der Waals surface area contributed by atoms with Crippen molar-refractivity contribution in [1.82, 2.24) is 4.98 Å². The second kappa shape index (κ2) is 5.90. The summed E-state index contributed by atoms with van der Waals surface area (Å²) in [5, 5.41) is 12.3. The molecular formula is C12H13IN2OS. The maximum atomic E-state index is 10.3. The van der Waals surface area contributed by atoms with E-state index in [1.807, 2.05) is 29.6 Å². The van der Waals surface area contributed by atoms with Crippen LogP contribution in [-0.4, -0.2) is 16.6 Å². The minimum atomic E-state index is -0.588. The molecule has 0 fully saturated rings. The number of thiophene rings is 1. The first-order valence-corrected chi connectivity index (χ1v) is 7.21. The Kier molecular flexibility index (Phi) is 4.49. The number of aromatic nitrogens is 1. The number of halogens is 1. The Morgan fingerprint density at radius 1 is 1.47 bits per heavy atom. The van der Waals surface area contributed by atoms with Gasteiger partial charge in [-0.05, 0) is 51.7 Å². The summed E-state index contributed by atoms with van der Waals surface area (Å²) in [6, 6.07) is 7.66. The van der Waals surface area contributed by atoms with Gasteiger partial charge in [-0.25, -0.2) is 0 Å². The smallest absolute Gasteiger partial charge is 0.0894 e. The molecule has 0 spiro atoms. The van der Waals surface area contributed by atoms with Crippen LogP contribution in [0, 0.1) is 2.88 Å². The van der Waals surface area contributed by atoms with Gasteiger partial charge in [0, 0.05) is 24.4 Å². The molecule has 2 aromatic heterocycles. The topological polar surface area (TPSA) is 59.1 Å². The van der Waals surface area contributed by atoms with Gasteiger partial charge in [0.15, 0.2) is 0 Å². The van der Waals surface area contributed by atoms with Gasteiger partial charge in [-0.15, -0.1) is 11.3 Å². The number of hydrogen-bond acceptors (Lipinski definition) is 4. The number of aliphatic hydroxyl groups excluding tert-OH is 1. The van der Waals surface area contributed by atoms with Crippen LogP contribution in [0.5, 0.6) is 0 Å². The molecule has 2 unspecified atom stereocenters. The predicted octanol–water partition coefficient (Wildman–Crippen LogP) is 2.52. The van der Waals surface area contributed by atoms with Crippen molar-refractivity contribution in [2.24, 2.45) is 5.73 Å². The number of rotatable bonds is 4. The Labute approximate surface area is 118 Å². The standard InChI is InChI=1S/C12H13IN2OS/c13-11-5-8(7-17-11)12(16)9(6-14)10-3-1-2-4-15-10/h1-5,7,9,12,16H,6,14H2. The molecule has 0 aliphatic rings. The third-order valence-electron chi connectivity index (χ3n) is 2.63. The lowest BCUT2D eigenvalue weighted by Gasteiger charge is -2.20. The number of nitrogens with two attached hydrogens (primary N) is 1. The number of aliphatic hydroxyl groups is 1. The monoisotopic (exact) mass is 360 g/mol. The molecular weight excluding hydrogens is 347 g/mol. The van der Waals surface area contributed by atoms with Crippen LogP contribution in [0.25, 0.3) is 0 Å². The quantitative estimate of drug-likeness (QED) is 0.824. The fourth-order valence-corrected chi connectivity index (χ4v) is 3.12. The largest absolute Gasteiger partial charge is 0.388 e. The van der Waals surface area contributed by atoms with Gasteiger partial charge in [0.25, 0.3) is 0 Å². The van der Waals surface area contributed by atoms with Crippen LogP contribution in [0.4, 0.5) is 0 Å². The summed E-state index contributed by atoms with van der Waals surface area (Å²) in [5.74, 6) is -0.151. The first-order chi connectivity index (χ1) is 8.22. The highest BCUT2D eigenvalue weighted by molar-refractivity contribution is 14.1. The van der Waals surface area contributed by atoms with Gasteiger partial charge in [0.1, 0.15) is 0 Å². The van der Waals surface area contributed by atoms with E-state index >= 15 is 0 Å². The summed E-state index contributed by atoms with van der Waals surface area (Å²) >= 11 is 3.87. The van der Waals surface area contributed by atoms with Crippen LogP contribution in [0.3, 0.4) is 0 Å². The summed E-state index contributed by atoms with van der Waals surface area (Å²) in [6.07, 6.45) is 1.14. The molecule has 2 rings (SSSR count). The number of hydrogen-bond donors (Lipinski definition) is 2. The van der Waals surface area contributed by atoms with E-state index in [0.29, 0.717) is 6.54 Å². The summed E-state index contributed by atoms with van der Waals surface area (Å²) < 4.78 is 1.16. The zero-order valence-electron chi connectivity index (χ0n) is 9.08. The van der Waals surface area contributed by atoms with Crippen molar-refractivity contribution in [2.75, 3.05) is 6.54 Å². The van der Waals surface area contributed by atoms with Crippen molar-refractivity contribution in [3.8, 4) is 0 Å². The summed E-state index contributed by atoms with van der Waals surface area (Å²) in [5.41, 5.74) is 7.51. The molecule has 3 nitrogen and oxygen atoms in total. The Hall–Kier alpha value is -0.500. The van der Waals surface area contributed by atoms with E-state index in [2.05, 4.69) is 27.6 Å². The van der Waals surface area contributed by atoms with Gasteiger partial charge in [0.05, 0.1) is 8.99 Å². The Bertz CT molecular complexity index is 474. The van der Waals surface area contributed by atoms with Gasteiger partial charge < -0.3 is 10.8 Å². The summed E-state index contributed by atoms with van der Waals surface area (Å²) in [7, 11) is 0. The zero-order valence-corrected chi connectivity index (χ0v) is 12.1. The Balaban J connectivity index is 2.25. The molecule has 2 heterocycles. The average molecular weight is 360 g/mol. The molecule has 0 saturated heterocycles. The van der Waals surface area contributed by atoms with E-state index in [9.17, 15) is 5.11 Å². The molecule has 0 radical (unpaired) electrons. The van der Waals surface area contributed by atoms with Crippen molar-refractivity contribution in [1.29, 1.82) is 0 Å². The first-order valence-electron chi connectivity index (χ1n) is 5.25.